The summed E-state index contributed by atoms with van der Waals surface area (Å²) in [6.07, 6.45) is 3.27. The molecule has 0 radical (unpaired) electrons. The van der Waals surface area contributed by atoms with Gasteiger partial charge in [-0.3, -0.25) is 0 Å². The molecule has 1 aromatic carbocycles. The fourth-order valence-electron chi connectivity index (χ4n) is 1.57. The molecule has 2 rings (SSSR count). The van der Waals surface area contributed by atoms with Crippen LogP contribution < -0.4 is 4.90 Å². The van der Waals surface area contributed by atoms with Gasteiger partial charge in [-0.2, -0.15) is 0 Å². The molecule has 0 saturated carbocycles. The highest BCUT2D eigenvalue weighted by Crippen LogP contribution is 2.17. The second-order valence-electron chi connectivity index (χ2n) is 3.38. The third-order valence-electron chi connectivity index (χ3n) is 2.28. The van der Waals surface area contributed by atoms with Gasteiger partial charge in [0.25, 0.3) is 0 Å². The molecule has 1 aliphatic heterocycles. The minimum Gasteiger partial charge on any atom is -0.387 e. The van der Waals surface area contributed by atoms with Crippen LogP contribution in [-0.2, 0) is 0 Å². The van der Waals surface area contributed by atoms with Crippen LogP contribution in [0.1, 0.15) is 0 Å². The Morgan fingerprint density at radius 1 is 1.29 bits per heavy atom. The van der Waals surface area contributed by atoms with Crippen molar-refractivity contribution in [3.05, 3.63) is 42.2 Å². The summed E-state index contributed by atoms with van der Waals surface area (Å²) in [5.74, 6) is -0.234. The van der Waals surface area contributed by atoms with Crippen molar-refractivity contribution in [1.29, 1.82) is 0 Å². The zero-order valence-electron chi connectivity index (χ0n) is 7.73. The number of aliphatic hydroxyl groups excluding tert-OH is 1. The standard InChI is InChI=1S/C11H12FNO/c12-9-3-5-10(6-4-9)13-7-1-2-11(14)8-13/h1-6,11,14H,7-8H2. The van der Waals surface area contributed by atoms with Crippen LogP contribution in [0.4, 0.5) is 10.1 Å². The number of nitrogens with zero attached hydrogens (tertiary/aromatic N) is 1. The maximum atomic E-state index is 12.6. The van der Waals surface area contributed by atoms with E-state index in [9.17, 15) is 9.50 Å². The van der Waals surface area contributed by atoms with E-state index in [-0.39, 0.29) is 5.82 Å². The quantitative estimate of drug-likeness (QED) is 0.684. The van der Waals surface area contributed by atoms with Gasteiger partial charge in [-0.05, 0) is 24.3 Å². The molecule has 0 spiro atoms. The minimum atomic E-state index is -0.422. The Balaban J connectivity index is 2.15. The summed E-state index contributed by atoms with van der Waals surface area (Å²) >= 11 is 0. The van der Waals surface area contributed by atoms with Crippen LogP contribution in [0.25, 0.3) is 0 Å². The van der Waals surface area contributed by atoms with E-state index in [1.165, 1.54) is 12.1 Å². The molecule has 74 valence electrons. The summed E-state index contributed by atoms with van der Waals surface area (Å²) in [6, 6.07) is 6.31. The summed E-state index contributed by atoms with van der Waals surface area (Å²) < 4.78 is 12.6. The highest BCUT2D eigenvalue weighted by Gasteiger charge is 2.12. The molecule has 1 atom stereocenters. The first-order valence-corrected chi connectivity index (χ1v) is 4.61. The molecule has 0 aliphatic carbocycles. The Morgan fingerprint density at radius 3 is 2.64 bits per heavy atom. The van der Waals surface area contributed by atoms with Crippen molar-refractivity contribution in [2.45, 2.75) is 6.10 Å². The Morgan fingerprint density at radius 2 is 2.00 bits per heavy atom. The average molecular weight is 193 g/mol. The monoisotopic (exact) mass is 193 g/mol. The van der Waals surface area contributed by atoms with Crippen molar-refractivity contribution in [3.8, 4) is 0 Å². The predicted octanol–water partition coefficient (Wildman–Crippen LogP) is 1.56. The van der Waals surface area contributed by atoms with E-state index in [1.54, 1.807) is 18.2 Å². The van der Waals surface area contributed by atoms with E-state index in [1.807, 2.05) is 11.0 Å². The number of rotatable bonds is 1. The lowest BCUT2D eigenvalue weighted by Gasteiger charge is -2.28. The molecule has 1 N–H and O–H groups in total. The van der Waals surface area contributed by atoms with E-state index in [2.05, 4.69) is 0 Å². The minimum absolute atomic E-state index is 0.234. The molecule has 1 unspecified atom stereocenters. The third kappa shape index (κ3) is 1.93. The molecule has 1 aromatic rings. The van der Waals surface area contributed by atoms with Crippen LogP contribution in [0.15, 0.2) is 36.4 Å². The van der Waals surface area contributed by atoms with Crippen molar-refractivity contribution < 1.29 is 9.50 Å². The van der Waals surface area contributed by atoms with Crippen LogP contribution in [0, 0.1) is 5.82 Å². The number of halogens is 1. The summed E-state index contributed by atoms with van der Waals surface area (Å²) in [5.41, 5.74) is 0.940. The Hall–Kier alpha value is -1.35. The number of anilines is 1. The molecule has 0 saturated heterocycles. The molecule has 0 fully saturated rings. The van der Waals surface area contributed by atoms with E-state index in [0.717, 1.165) is 12.2 Å². The zero-order valence-corrected chi connectivity index (χ0v) is 7.73. The SMILES string of the molecule is OC1C=CCN(c2ccc(F)cc2)C1. The average Bonchev–Trinajstić information content (AvgIpc) is 2.19. The summed E-state index contributed by atoms with van der Waals surface area (Å²) in [4.78, 5) is 2.00. The van der Waals surface area contributed by atoms with Gasteiger partial charge in [-0.25, -0.2) is 4.39 Å². The number of benzene rings is 1. The lowest BCUT2D eigenvalue weighted by molar-refractivity contribution is 0.224. The highest BCUT2D eigenvalue weighted by molar-refractivity contribution is 5.48. The fourth-order valence-corrected chi connectivity index (χ4v) is 1.57. The zero-order chi connectivity index (χ0) is 9.97. The first-order chi connectivity index (χ1) is 6.75. The molecular weight excluding hydrogens is 181 g/mol. The van der Waals surface area contributed by atoms with Crippen LogP contribution in [-0.4, -0.2) is 24.3 Å². The van der Waals surface area contributed by atoms with Crippen LogP contribution in [0.5, 0.6) is 0 Å². The molecule has 0 amide bonds. The number of aliphatic hydroxyl groups is 1. The summed E-state index contributed by atoms with van der Waals surface area (Å²) in [7, 11) is 0. The third-order valence-corrected chi connectivity index (χ3v) is 2.28. The van der Waals surface area contributed by atoms with Gasteiger partial charge in [0, 0.05) is 18.8 Å². The largest absolute Gasteiger partial charge is 0.387 e. The van der Waals surface area contributed by atoms with E-state index in [4.69, 9.17) is 0 Å². The molecule has 3 heteroatoms. The highest BCUT2D eigenvalue weighted by atomic mass is 19.1. The van der Waals surface area contributed by atoms with Crippen LogP contribution in [0.3, 0.4) is 0 Å². The van der Waals surface area contributed by atoms with Gasteiger partial charge < -0.3 is 10.0 Å². The molecule has 1 heterocycles. The normalized spacial score (nSPS) is 21.3. The van der Waals surface area contributed by atoms with Crippen molar-refractivity contribution in [3.63, 3.8) is 0 Å². The molecule has 14 heavy (non-hydrogen) atoms. The number of hydrogen-bond acceptors (Lipinski definition) is 2. The van der Waals surface area contributed by atoms with Gasteiger partial charge in [-0.1, -0.05) is 12.2 Å². The second-order valence-corrected chi connectivity index (χ2v) is 3.38. The van der Waals surface area contributed by atoms with E-state index in [0.29, 0.717) is 6.54 Å². The summed E-state index contributed by atoms with van der Waals surface area (Å²) in [5, 5.41) is 9.39. The number of β-amino-alcohol motifs (C(OH)–C–C–N with tert-alkyl or cyclic N) is 1. The molecule has 1 aliphatic rings. The first-order valence-electron chi connectivity index (χ1n) is 4.61. The van der Waals surface area contributed by atoms with Gasteiger partial charge in [0.05, 0.1) is 6.10 Å². The van der Waals surface area contributed by atoms with Crippen molar-refractivity contribution in [2.75, 3.05) is 18.0 Å². The summed E-state index contributed by atoms with van der Waals surface area (Å²) in [6.45, 7) is 1.34. The van der Waals surface area contributed by atoms with Crippen LogP contribution >= 0.6 is 0 Å². The van der Waals surface area contributed by atoms with Crippen molar-refractivity contribution in [1.82, 2.24) is 0 Å². The van der Waals surface area contributed by atoms with E-state index >= 15 is 0 Å². The van der Waals surface area contributed by atoms with Crippen molar-refractivity contribution in [2.24, 2.45) is 0 Å². The van der Waals surface area contributed by atoms with Gasteiger partial charge >= 0.3 is 0 Å². The lowest BCUT2D eigenvalue weighted by Crippen LogP contribution is -2.34. The molecule has 0 aromatic heterocycles. The van der Waals surface area contributed by atoms with Gasteiger partial charge in [0.1, 0.15) is 5.82 Å². The predicted molar refractivity (Wildman–Crippen MR) is 53.8 cm³/mol. The maximum absolute atomic E-state index is 12.6. The van der Waals surface area contributed by atoms with Gasteiger partial charge in [-0.15, -0.1) is 0 Å². The lowest BCUT2D eigenvalue weighted by atomic mass is 10.2. The van der Waals surface area contributed by atoms with Crippen LogP contribution in [0.2, 0.25) is 0 Å². The smallest absolute Gasteiger partial charge is 0.123 e. The molecule has 2 nitrogen and oxygen atoms in total. The fraction of sp³-hybridized carbons (Fsp3) is 0.273. The van der Waals surface area contributed by atoms with Gasteiger partial charge in [0.2, 0.25) is 0 Å². The number of hydrogen-bond donors (Lipinski definition) is 1. The van der Waals surface area contributed by atoms with Gasteiger partial charge in [0.15, 0.2) is 0 Å². The molecule has 0 bridgehead atoms. The Labute approximate surface area is 82.3 Å². The topological polar surface area (TPSA) is 23.5 Å². The van der Waals surface area contributed by atoms with E-state index < -0.39 is 6.10 Å². The van der Waals surface area contributed by atoms with Crippen molar-refractivity contribution >= 4 is 5.69 Å². The maximum Gasteiger partial charge on any atom is 0.123 e. The second kappa shape index (κ2) is 3.80. The Kier molecular flexibility index (Phi) is 2.50. The molecular formula is C11H12FNO. The Bertz CT molecular complexity index is 334. The first kappa shape index (κ1) is 9.21.